The number of hydrogen-bond acceptors (Lipinski definition) is 4. The standard InChI is InChI=1S/C13H12BrClN2O3/c1-7-8(4-12(20-7)13(18)17-16)6-19-11-5-9(14)2-3-10(11)15/h2-5H,6,16H2,1H3,(H,17,18). The fourth-order valence-corrected chi connectivity index (χ4v) is 2.10. The van der Waals surface area contributed by atoms with E-state index in [1.165, 1.54) is 0 Å². The number of nitrogens with two attached hydrogens (primary N) is 1. The molecule has 7 heteroatoms. The van der Waals surface area contributed by atoms with Crippen molar-refractivity contribution in [2.24, 2.45) is 5.84 Å². The maximum absolute atomic E-state index is 11.4. The van der Waals surface area contributed by atoms with E-state index in [1.54, 1.807) is 25.1 Å². The first-order chi connectivity index (χ1) is 9.51. The number of carbonyl (C=O) groups excluding carboxylic acids is 1. The monoisotopic (exact) mass is 358 g/mol. The summed E-state index contributed by atoms with van der Waals surface area (Å²) in [6.07, 6.45) is 0. The van der Waals surface area contributed by atoms with Crippen LogP contribution in [0.15, 0.2) is 33.2 Å². The summed E-state index contributed by atoms with van der Waals surface area (Å²) >= 11 is 9.38. The van der Waals surface area contributed by atoms with Crippen LogP contribution in [0.3, 0.4) is 0 Å². The third kappa shape index (κ3) is 3.33. The van der Waals surface area contributed by atoms with E-state index in [0.717, 1.165) is 10.0 Å². The molecule has 0 atom stereocenters. The van der Waals surface area contributed by atoms with Crippen LogP contribution >= 0.6 is 27.5 Å². The van der Waals surface area contributed by atoms with E-state index >= 15 is 0 Å². The zero-order chi connectivity index (χ0) is 14.7. The molecule has 0 aliphatic rings. The van der Waals surface area contributed by atoms with Gasteiger partial charge in [-0.25, -0.2) is 5.84 Å². The number of halogens is 2. The molecule has 106 valence electrons. The minimum Gasteiger partial charge on any atom is -0.487 e. The van der Waals surface area contributed by atoms with Crippen molar-refractivity contribution in [2.45, 2.75) is 13.5 Å². The minimum atomic E-state index is -0.486. The number of furan rings is 1. The van der Waals surface area contributed by atoms with E-state index in [1.807, 2.05) is 11.5 Å². The molecule has 0 fully saturated rings. The average molecular weight is 360 g/mol. The number of carbonyl (C=O) groups is 1. The summed E-state index contributed by atoms with van der Waals surface area (Å²) in [7, 11) is 0. The van der Waals surface area contributed by atoms with Crippen LogP contribution in [0.5, 0.6) is 5.75 Å². The molecule has 1 heterocycles. The number of nitrogens with one attached hydrogen (secondary N) is 1. The lowest BCUT2D eigenvalue weighted by atomic mass is 10.2. The summed E-state index contributed by atoms with van der Waals surface area (Å²) < 4.78 is 11.8. The van der Waals surface area contributed by atoms with Gasteiger partial charge in [-0.1, -0.05) is 27.5 Å². The van der Waals surface area contributed by atoms with Gasteiger partial charge in [-0.3, -0.25) is 10.2 Å². The predicted molar refractivity (Wildman–Crippen MR) is 78.6 cm³/mol. The Labute approximate surface area is 129 Å². The van der Waals surface area contributed by atoms with Gasteiger partial charge in [0.25, 0.3) is 0 Å². The van der Waals surface area contributed by atoms with Crippen molar-refractivity contribution in [2.75, 3.05) is 0 Å². The van der Waals surface area contributed by atoms with E-state index in [2.05, 4.69) is 15.9 Å². The van der Waals surface area contributed by atoms with Crippen LogP contribution in [-0.4, -0.2) is 5.91 Å². The van der Waals surface area contributed by atoms with Crippen LogP contribution in [0.2, 0.25) is 5.02 Å². The van der Waals surface area contributed by atoms with Crippen molar-refractivity contribution < 1.29 is 13.9 Å². The Balaban J connectivity index is 2.13. The van der Waals surface area contributed by atoms with E-state index in [4.69, 9.17) is 26.6 Å². The Kier molecular flexibility index (Phi) is 4.69. The van der Waals surface area contributed by atoms with Gasteiger partial charge in [-0.2, -0.15) is 0 Å². The van der Waals surface area contributed by atoms with Gasteiger partial charge in [0.05, 0.1) is 5.02 Å². The van der Waals surface area contributed by atoms with Gasteiger partial charge in [-0.15, -0.1) is 0 Å². The predicted octanol–water partition coefficient (Wildman–Crippen LogP) is 3.19. The molecular weight excluding hydrogens is 348 g/mol. The summed E-state index contributed by atoms with van der Waals surface area (Å²) in [5.74, 6) is 5.85. The SMILES string of the molecule is Cc1oc(C(=O)NN)cc1COc1cc(Br)ccc1Cl. The number of amides is 1. The number of nitrogen functional groups attached to an aromatic ring is 1. The van der Waals surface area contributed by atoms with Crippen LogP contribution in [-0.2, 0) is 6.61 Å². The summed E-state index contributed by atoms with van der Waals surface area (Å²) in [5.41, 5.74) is 2.76. The van der Waals surface area contributed by atoms with Crippen molar-refractivity contribution in [3.8, 4) is 5.75 Å². The maximum Gasteiger partial charge on any atom is 0.300 e. The Morgan fingerprint density at radius 2 is 2.25 bits per heavy atom. The van der Waals surface area contributed by atoms with Gasteiger partial charge < -0.3 is 9.15 Å². The van der Waals surface area contributed by atoms with Crippen LogP contribution in [0, 0.1) is 6.92 Å². The van der Waals surface area contributed by atoms with E-state index in [0.29, 0.717) is 16.5 Å². The Bertz CT molecular complexity index is 643. The van der Waals surface area contributed by atoms with E-state index < -0.39 is 5.91 Å². The van der Waals surface area contributed by atoms with Gasteiger partial charge in [0.1, 0.15) is 18.1 Å². The molecule has 2 rings (SSSR count). The van der Waals surface area contributed by atoms with Crippen molar-refractivity contribution in [1.29, 1.82) is 0 Å². The maximum atomic E-state index is 11.4. The van der Waals surface area contributed by atoms with E-state index in [9.17, 15) is 4.79 Å². The molecular formula is C13H12BrClN2O3. The number of rotatable bonds is 4. The molecule has 0 aliphatic carbocycles. The largest absolute Gasteiger partial charge is 0.487 e. The first-order valence-electron chi connectivity index (χ1n) is 5.69. The minimum absolute atomic E-state index is 0.143. The molecule has 0 bridgehead atoms. The number of ether oxygens (including phenoxy) is 1. The van der Waals surface area contributed by atoms with Crippen molar-refractivity contribution >= 4 is 33.4 Å². The molecule has 1 aromatic heterocycles. The van der Waals surface area contributed by atoms with Crippen molar-refractivity contribution in [3.63, 3.8) is 0 Å². The highest BCUT2D eigenvalue weighted by Gasteiger charge is 2.14. The second-order valence-electron chi connectivity index (χ2n) is 4.03. The van der Waals surface area contributed by atoms with Crippen LogP contribution in [0.1, 0.15) is 21.9 Å². The normalized spacial score (nSPS) is 10.4. The summed E-state index contributed by atoms with van der Waals surface area (Å²) in [6.45, 7) is 1.98. The highest BCUT2D eigenvalue weighted by atomic mass is 79.9. The highest BCUT2D eigenvalue weighted by Crippen LogP contribution is 2.29. The fourth-order valence-electron chi connectivity index (χ4n) is 1.59. The van der Waals surface area contributed by atoms with Crippen LogP contribution in [0.25, 0.3) is 0 Å². The third-order valence-corrected chi connectivity index (χ3v) is 3.46. The molecule has 0 spiro atoms. The fraction of sp³-hybridized carbons (Fsp3) is 0.154. The lowest BCUT2D eigenvalue weighted by Gasteiger charge is -2.07. The van der Waals surface area contributed by atoms with Gasteiger partial charge in [0, 0.05) is 10.0 Å². The molecule has 0 radical (unpaired) electrons. The molecule has 1 aromatic carbocycles. The molecule has 3 N–H and O–H groups in total. The van der Waals surface area contributed by atoms with E-state index in [-0.39, 0.29) is 12.4 Å². The molecule has 0 saturated heterocycles. The van der Waals surface area contributed by atoms with Gasteiger partial charge in [0.15, 0.2) is 5.76 Å². The Morgan fingerprint density at radius 3 is 2.95 bits per heavy atom. The number of aryl methyl sites for hydroxylation is 1. The molecule has 0 unspecified atom stereocenters. The highest BCUT2D eigenvalue weighted by molar-refractivity contribution is 9.10. The summed E-state index contributed by atoms with van der Waals surface area (Å²) in [4.78, 5) is 11.4. The first-order valence-corrected chi connectivity index (χ1v) is 6.86. The molecule has 0 aliphatic heterocycles. The molecule has 1 amide bonds. The second-order valence-corrected chi connectivity index (χ2v) is 5.35. The number of hydrogen-bond donors (Lipinski definition) is 2. The van der Waals surface area contributed by atoms with Gasteiger partial charge in [-0.05, 0) is 31.2 Å². The topological polar surface area (TPSA) is 77.5 Å². The zero-order valence-electron chi connectivity index (χ0n) is 10.6. The van der Waals surface area contributed by atoms with Crippen molar-refractivity contribution in [1.82, 2.24) is 5.43 Å². The zero-order valence-corrected chi connectivity index (χ0v) is 12.9. The molecule has 20 heavy (non-hydrogen) atoms. The Morgan fingerprint density at radius 1 is 1.50 bits per heavy atom. The number of hydrazine groups is 1. The average Bonchev–Trinajstić information content (AvgIpc) is 2.80. The summed E-state index contributed by atoms with van der Waals surface area (Å²) in [5, 5.41) is 0.509. The number of benzene rings is 1. The lowest BCUT2D eigenvalue weighted by molar-refractivity contribution is 0.0924. The smallest absolute Gasteiger partial charge is 0.300 e. The molecule has 0 saturated carbocycles. The quantitative estimate of drug-likeness (QED) is 0.499. The van der Waals surface area contributed by atoms with Gasteiger partial charge >= 0.3 is 5.91 Å². The third-order valence-electron chi connectivity index (χ3n) is 2.65. The van der Waals surface area contributed by atoms with Crippen LogP contribution in [0.4, 0.5) is 0 Å². The molecule has 2 aromatic rings. The lowest BCUT2D eigenvalue weighted by Crippen LogP contribution is -2.29. The molecule has 5 nitrogen and oxygen atoms in total. The van der Waals surface area contributed by atoms with Crippen molar-refractivity contribution in [3.05, 3.63) is 50.8 Å². The summed E-state index contributed by atoms with van der Waals surface area (Å²) in [6, 6.07) is 6.91. The first kappa shape index (κ1) is 14.9. The second kappa shape index (κ2) is 6.30. The Hall–Kier alpha value is -1.50. The van der Waals surface area contributed by atoms with Gasteiger partial charge in [0.2, 0.25) is 0 Å². The van der Waals surface area contributed by atoms with Crippen LogP contribution < -0.4 is 16.0 Å².